The molecule has 1 amide bonds. The van der Waals surface area contributed by atoms with Gasteiger partial charge >= 0.3 is 11.9 Å². The van der Waals surface area contributed by atoms with E-state index in [2.05, 4.69) is 10.3 Å². The highest BCUT2D eigenvalue weighted by Gasteiger charge is 2.31. The lowest BCUT2D eigenvalue weighted by Crippen LogP contribution is -2.44. The third-order valence-corrected chi connectivity index (χ3v) is 6.60. The molecule has 0 atom stereocenters. The van der Waals surface area contributed by atoms with E-state index >= 15 is 0 Å². The van der Waals surface area contributed by atoms with Gasteiger partial charge in [0.25, 0.3) is 0 Å². The van der Waals surface area contributed by atoms with Crippen LogP contribution in [0.15, 0.2) is 24.4 Å². The van der Waals surface area contributed by atoms with E-state index in [4.69, 9.17) is 21.0 Å². The van der Waals surface area contributed by atoms with Crippen molar-refractivity contribution < 1.29 is 28.6 Å². The molecule has 12 heteroatoms. The molecule has 3 rings (SSSR count). The molecule has 5 N–H and O–H groups in total. The Hall–Kier alpha value is -3.54. The number of carboxylic acid groups (broad SMARTS) is 1. The van der Waals surface area contributed by atoms with Gasteiger partial charge in [-0.3, -0.25) is 15.0 Å². The number of anilines is 1. The second-order valence-corrected chi connectivity index (χ2v) is 9.63. The van der Waals surface area contributed by atoms with E-state index in [0.717, 1.165) is 17.4 Å². The summed E-state index contributed by atoms with van der Waals surface area (Å²) >= 11 is 1.11. The Kier molecular flexibility index (Phi) is 7.50. The predicted molar refractivity (Wildman–Crippen MR) is 124 cm³/mol. The van der Waals surface area contributed by atoms with E-state index in [-0.39, 0.29) is 40.4 Å². The molecule has 0 spiro atoms. The number of nitrogens with one attached hydrogen (secondary N) is 2. The number of nitrogens with zero attached hydrogens (tertiary/aromatic N) is 2. The number of aromatic nitrogens is 1. The van der Waals surface area contributed by atoms with Gasteiger partial charge in [-0.15, -0.1) is 0 Å². The second kappa shape index (κ2) is 10.2. The van der Waals surface area contributed by atoms with Crippen LogP contribution in [0.5, 0.6) is 5.75 Å². The van der Waals surface area contributed by atoms with E-state index in [1.54, 1.807) is 13.8 Å². The van der Waals surface area contributed by atoms with Crippen LogP contribution in [0, 0.1) is 22.6 Å². The zero-order valence-corrected chi connectivity index (χ0v) is 19.6. The van der Waals surface area contributed by atoms with Gasteiger partial charge in [-0.25, -0.2) is 14.2 Å². The molecule has 1 saturated heterocycles. The zero-order valence-electron chi connectivity index (χ0n) is 18.8. The van der Waals surface area contributed by atoms with Crippen molar-refractivity contribution in [2.24, 2.45) is 17.1 Å². The van der Waals surface area contributed by atoms with E-state index in [1.807, 2.05) is 4.90 Å². The highest BCUT2D eigenvalue weighted by molar-refractivity contribution is 7.17. The number of carbonyl (C=O) groups is 3. The molecule has 0 aliphatic carbocycles. The molecule has 1 aromatic heterocycles. The summed E-state index contributed by atoms with van der Waals surface area (Å²) < 4.78 is 19.3. The number of ether oxygens (including phenoxy) is 1. The number of amides is 1. The average molecular weight is 492 g/mol. The first-order valence-electron chi connectivity index (χ1n) is 10.6. The van der Waals surface area contributed by atoms with Crippen LogP contribution in [0.1, 0.15) is 41.9 Å². The molecular formula is C22H26FN5O5S. The number of aliphatic carboxylic acids is 1. The van der Waals surface area contributed by atoms with Gasteiger partial charge in [0.15, 0.2) is 16.7 Å². The summed E-state index contributed by atoms with van der Waals surface area (Å²) in [5.74, 6) is -3.51. The Labute approximate surface area is 199 Å². The van der Waals surface area contributed by atoms with Crippen LogP contribution >= 0.6 is 11.3 Å². The average Bonchev–Trinajstić information content (AvgIpc) is 3.29. The number of thiazole rings is 1. The summed E-state index contributed by atoms with van der Waals surface area (Å²) in [7, 11) is 0. The molecule has 0 unspecified atom stereocenters. The number of hydrogen-bond donors (Lipinski definition) is 4. The molecule has 10 nitrogen and oxygen atoms in total. The molecule has 1 fully saturated rings. The van der Waals surface area contributed by atoms with Crippen LogP contribution in [-0.2, 0) is 9.59 Å². The first-order chi connectivity index (χ1) is 16.0. The number of amidine groups is 1. The number of benzene rings is 1. The van der Waals surface area contributed by atoms with E-state index in [9.17, 15) is 18.8 Å². The van der Waals surface area contributed by atoms with Crippen molar-refractivity contribution >= 4 is 40.1 Å². The van der Waals surface area contributed by atoms with Crippen molar-refractivity contribution in [3.05, 3.63) is 40.7 Å². The van der Waals surface area contributed by atoms with Gasteiger partial charge in [0.1, 0.15) is 10.7 Å². The second-order valence-electron chi connectivity index (χ2n) is 8.62. The minimum atomic E-state index is -1.04. The predicted octanol–water partition coefficient (Wildman–Crippen LogP) is 2.23. The minimum absolute atomic E-state index is 0.0530. The lowest BCUT2D eigenvalue weighted by atomic mass is 9.92. The van der Waals surface area contributed by atoms with E-state index in [0.29, 0.717) is 31.1 Å². The lowest BCUT2D eigenvalue weighted by Gasteiger charge is -2.31. The van der Waals surface area contributed by atoms with Gasteiger partial charge in [0.2, 0.25) is 5.91 Å². The number of nitrogen functional groups attached to an aromatic ring is 1. The molecule has 0 radical (unpaired) electrons. The number of nitrogens with two attached hydrogens (primary N) is 1. The number of esters is 1. The molecule has 182 valence electrons. The number of rotatable bonds is 8. The fourth-order valence-electron chi connectivity index (χ4n) is 3.27. The summed E-state index contributed by atoms with van der Waals surface area (Å²) in [4.78, 5) is 42.4. The van der Waals surface area contributed by atoms with Gasteiger partial charge < -0.3 is 25.8 Å². The molecule has 0 bridgehead atoms. The molecule has 1 aliphatic heterocycles. The van der Waals surface area contributed by atoms with Gasteiger partial charge in [-0.1, -0.05) is 11.3 Å². The van der Waals surface area contributed by atoms with Crippen molar-refractivity contribution in [1.82, 2.24) is 10.3 Å². The molecule has 0 saturated carbocycles. The Morgan fingerprint density at radius 2 is 2.03 bits per heavy atom. The highest BCUT2D eigenvalue weighted by atomic mass is 32.1. The fourth-order valence-corrected chi connectivity index (χ4v) is 4.11. The minimum Gasteiger partial charge on any atom is -0.481 e. The molecule has 1 aliphatic rings. The van der Waals surface area contributed by atoms with E-state index in [1.165, 1.54) is 18.3 Å². The Balaban J connectivity index is 1.54. The van der Waals surface area contributed by atoms with Crippen LogP contribution in [0.3, 0.4) is 0 Å². The summed E-state index contributed by atoms with van der Waals surface area (Å²) in [5.41, 5.74) is 4.46. The van der Waals surface area contributed by atoms with E-state index < -0.39 is 23.2 Å². The first kappa shape index (κ1) is 25.1. The Bertz CT molecular complexity index is 1110. The van der Waals surface area contributed by atoms with Crippen LogP contribution in [0.4, 0.5) is 9.52 Å². The molecule has 34 heavy (non-hydrogen) atoms. The lowest BCUT2D eigenvalue weighted by molar-refractivity contribution is -0.146. The standard InChI is InChI=1S/C22H26FN5O5S/c1-22(2,20(31)32)11-27-18(29)12-5-7-28(8-6-12)21-26-10-16(34-21)19(30)33-15-4-3-13(17(24)25)9-14(15)23/h3-4,9-10,12H,5-8,11H2,1-2H3,(H3,24,25)(H,27,29)(H,31,32). The summed E-state index contributed by atoms with van der Waals surface area (Å²) in [6.07, 6.45) is 2.48. The molecule has 2 heterocycles. The maximum atomic E-state index is 14.1. The van der Waals surface area contributed by atoms with Crippen LogP contribution in [0.25, 0.3) is 0 Å². The quantitative estimate of drug-likeness (QED) is 0.189. The van der Waals surface area contributed by atoms with Gasteiger partial charge in [-0.05, 0) is 44.9 Å². The third-order valence-electron chi connectivity index (χ3n) is 5.56. The SMILES string of the molecule is CC(C)(CNC(=O)C1CCN(c2ncc(C(=O)Oc3ccc(C(=N)N)cc3F)s2)CC1)C(=O)O. The van der Waals surface area contributed by atoms with Crippen molar-refractivity contribution in [1.29, 1.82) is 5.41 Å². The number of hydrogen-bond acceptors (Lipinski definition) is 8. The van der Waals surface area contributed by atoms with Gasteiger partial charge in [0.05, 0.1) is 11.6 Å². The highest BCUT2D eigenvalue weighted by Crippen LogP contribution is 2.29. The summed E-state index contributed by atoms with van der Waals surface area (Å²) in [6, 6.07) is 3.64. The van der Waals surface area contributed by atoms with Crippen LogP contribution in [-0.4, -0.2) is 53.4 Å². The number of carboxylic acids is 1. The van der Waals surface area contributed by atoms with Crippen LogP contribution in [0.2, 0.25) is 0 Å². The topological polar surface area (TPSA) is 159 Å². The Morgan fingerprint density at radius 1 is 1.35 bits per heavy atom. The maximum Gasteiger partial charge on any atom is 0.355 e. The smallest absolute Gasteiger partial charge is 0.355 e. The monoisotopic (exact) mass is 491 g/mol. The van der Waals surface area contributed by atoms with Crippen molar-refractivity contribution in [3.8, 4) is 5.75 Å². The normalized spacial score (nSPS) is 14.5. The maximum absolute atomic E-state index is 14.1. The Morgan fingerprint density at radius 3 is 2.62 bits per heavy atom. The first-order valence-corrected chi connectivity index (χ1v) is 11.4. The zero-order chi connectivity index (χ0) is 25.0. The molecule has 1 aromatic carbocycles. The van der Waals surface area contributed by atoms with Gasteiger partial charge in [0, 0.05) is 31.1 Å². The largest absolute Gasteiger partial charge is 0.481 e. The number of halogens is 1. The van der Waals surface area contributed by atoms with Crippen molar-refractivity contribution in [2.45, 2.75) is 26.7 Å². The fraction of sp³-hybridized carbons (Fsp3) is 0.409. The molecule has 2 aromatic rings. The molecular weight excluding hydrogens is 465 g/mol. The number of carbonyl (C=O) groups excluding carboxylic acids is 2. The summed E-state index contributed by atoms with van der Waals surface area (Å²) in [6.45, 7) is 4.25. The number of piperidine rings is 1. The van der Waals surface area contributed by atoms with Crippen LogP contribution < -0.4 is 20.7 Å². The van der Waals surface area contributed by atoms with Crippen molar-refractivity contribution in [3.63, 3.8) is 0 Å². The van der Waals surface area contributed by atoms with Crippen molar-refractivity contribution in [2.75, 3.05) is 24.5 Å². The van der Waals surface area contributed by atoms with Gasteiger partial charge in [-0.2, -0.15) is 0 Å². The summed E-state index contributed by atoms with van der Waals surface area (Å²) in [5, 5.41) is 19.8. The third kappa shape index (κ3) is 5.87.